The van der Waals surface area contributed by atoms with Gasteiger partial charge in [-0.05, 0) is 23.6 Å². The summed E-state index contributed by atoms with van der Waals surface area (Å²) in [4.78, 5) is 40.6. The molecule has 152 valence electrons. The topological polar surface area (TPSA) is 89.3 Å². The summed E-state index contributed by atoms with van der Waals surface area (Å²) in [6, 6.07) is 9.41. The number of rotatable bonds is 4. The van der Waals surface area contributed by atoms with Crippen LogP contribution in [0.3, 0.4) is 0 Å². The Balaban J connectivity index is 1.72. The number of benzene rings is 1. The number of hydrogen-bond acceptors (Lipinski definition) is 7. The number of Topliss-reactive ketones (excluding diaryl/α,β-unsaturated/α-hetero) is 1. The smallest absolute Gasteiger partial charge is 0.455 e. The number of thiazole rings is 1. The maximum atomic E-state index is 13.0. The van der Waals surface area contributed by atoms with Crippen LogP contribution in [-0.4, -0.2) is 22.9 Å². The molecule has 0 aliphatic carbocycles. The van der Waals surface area contributed by atoms with Crippen molar-refractivity contribution in [3.8, 4) is 10.6 Å². The van der Waals surface area contributed by atoms with Gasteiger partial charge in [0.25, 0.3) is 11.7 Å². The van der Waals surface area contributed by atoms with E-state index in [2.05, 4.69) is 10.3 Å². The van der Waals surface area contributed by atoms with Crippen molar-refractivity contribution in [2.24, 2.45) is 0 Å². The second-order valence-corrected chi connectivity index (χ2v) is 7.88. The third kappa shape index (κ3) is 3.64. The van der Waals surface area contributed by atoms with Crippen LogP contribution in [0, 0.1) is 0 Å². The molecule has 4 aromatic rings. The fraction of sp³-hybridized carbons (Fsp3) is 0.0526. The summed E-state index contributed by atoms with van der Waals surface area (Å²) in [5, 5.41) is 3.84. The Morgan fingerprint density at radius 1 is 1.10 bits per heavy atom. The van der Waals surface area contributed by atoms with Crippen molar-refractivity contribution in [2.45, 2.75) is 6.18 Å². The van der Waals surface area contributed by atoms with Crippen LogP contribution in [0.15, 0.2) is 57.3 Å². The molecule has 1 N–H and O–H groups in total. The van der Waals surface area contributed by atoms with Gasteiger partial charge in [0, 0.05) is 0 Å². The lowest BCUT2D eigenvalue weighted by molar-refractivity contribution is -0.0882. The zero-order valence-electron chi connectivity index (χ0n) is 14.6. The van der Waals surface area contributed by atoms with Crippen LogP contribution in [0.4, 0.5) is 18.3 Å². The molecule has 6 nitrogen and oxygen atoms in total. The summed E-state index contributed by atoms with van der Waals surface area (Å²) in [6.45, 7) is 0. The first-order chi connectivity index (χ1) is 14.3. The highest BCUT2D eigenvalue weighted by atomic mass is 32.1. The van der Waals surface area contributed by atoms with Gasteiger partial charge in [0.05, 0.1) is 10.3 Å². The molecule has 0 fully saturated rings. The fourth-order valence-electron chi connectivity index (χ4n) is 2.64. The number of anilines is 1. The van der Waals surface area contributed by atoms with Gasteiger partial charge < -0.3 is 4.42 Å². The molecule has 1 amide bonds. The highest BCUT2D eigenvalue weighted by molar-refractivity contribution is 7.19. The molecule has 0 aliphatic heterocycles. The number of carbonyl (C=O) groups is 2. The predicted molar refractivity (Wildman–Crippen MR) is 106 cm³/mol. The molecule has 0 saturated heterocycles. The molecule has 0 bridgehead atoms. The molecular weight excluding hydrogens is 441 g/mol. The maximum Gasteiger partial charge on any atom is 0.455 e. The number of carbonyl (C=O) groups excluding carboxylic acids is 2. The van der Waals surface area contributed by atoms with Crippen LogP contribution >= 0.6 is 22.7 Å². The molecule has 0 spiro atoms. The molecule has 0 atom stereocenters. The average molecular weight is 450 g/mol. The lowest BCUT2D eigenvalue weighted by Crippen LogP contribution is -2.22. The molecular formula is C19H9F3N2O4S2. The van der Waals surface area contributed by atoms with Crippen LogP contribution < -0.4 is 10.7 Å². The summed E-state index contributed by atoms with van der Waals surface area (Å²) in [7, 11) is 0. The summed E-state index contributed by atoms with van der Waals surface area (Å²) in [5.74, 6) is -2.97. The Bertz CT molecular complexity index is 1320. The number of nitrogens with zero attached hydrogens (tertiary/aromatic N) is 1. The second-order valence-electron chi connectivity index (χ2n) is 5.93. The first kappa shape index (κ1) is 20.0. The monoisotopic (exact) mass is 450 g/mol. The highest BCUT2D eigenvalue weighted by Gasteiger charge is 2.42. The number of hydrogen-bond donors (Lipinski definition) is 1. The molecule has 3 heterocycles. The van der Waals surface area contributed by atoms with Gasteiger partial charge in [0.1, 0.15) is 28.0 Å². The van der Waals surface area contributed by atoms with Crippen molar-refractivity contribution in [1.29, 1.82) is 0 Å². The molecule has 3 aromatic heterocycles. The van der Waals surface area contributed by atoms with E-state index < -0.39 is 28.2 Å². The number of alkyl halides is 3. The first-order valence-corrected chi connectivity index (χ1v) is 9.93. The first-order valence-electron chi connectivity index (χ1n) is 8.24. The lowest BCUT2D eigenvalue weighted by atomic mass is 10.1. The van der Waals surface area contributed by atoms with E-state index in [1.165, 1.54) is 12.1 Å². The van der Waals surface area contributed by atoms with Gasteiger partial charge in [0.2, 0.25) is 5.43 Å². The summed E-state index contributed by atoms with van der Waals surface area (Å²) < 4.78 is 44.2. The SMILES string of the molecule is O=C(Nc1nc(-c2cccs2)c(C(=O)C(F)(F)F)s1)c1coc2ccccc2c1=O. The number of nitrogens with one attached hydrogen (secondary N) is 1. The number of amides is 1. The standard InChI is InChI=1S/C19H9F3N2O4S2/c20-19(21,22)16(26)15-13(12-6-3-7-29-12)23-18(30-15)24-17(27)10-8-28-11-5-2-1-4-9(11)14(10)25/h1-8H,(H,23,24,27). The van der Waals surface area contributed by atoms with Crippen LogP contribution in [0.2, 0.25) is 0 Å². The van der Waals surface area contributed by atoms with Crippen LogP contribution in [0.25, 0.3) is 21.5 Å². The summed E-state index contributed by atoms with van der Waals surface area (Å²) >= 11 is 1.48. The number of halogens is 3. The van der Waals surface area contributed by atoms with Crippen molar-refractivity contribution >= 4 is 50.5 Å². The Hall–Kier alpha value is -3.31. The Morgan fingerprint density at radius 3 is 2.57 bits per heavy atom. The van der Waals surface area contributed by atoms with Crippen LogP contribution in [0.1, 0.15) is 20.0 Å². The van der Waals surface area contributed by atoms with Crippen molar-refractivity contribution in [3.05, 3.63) is 68.7 Å². The predicted octanol–water partition coefficient (Wildman–Crippen LogP) is 4.98. The number of ketones is 1. The molecule has 11 heteroatoms. The summed E-state index contributed by atoms with van der Waals surface area (Å²) in [5.41, 5.74) is -0.842. The molecule has 4 rings (SSSR count). The molecule has 0 radical (unpaired) electrons. The van der Waals surface area contributed by atoms with Gasteiger partial charge in [-0.25, -0.2) is 4.98 Å². The number of thiophene rings is 1. The van der Waals surface area contributed by atoms with Crippen LogP contribution in [-0.2, 0) is 0 Å². The molecule has 0 saturated carbocycles. The summed E-state index contributed by atoms with van der Waals surface area (Å²) in [6.07, 6.45) is -4.13. The normalized spacial score (nSPS) is 11.6. The Labute approximate surface area is 173 Å². The van der Waals surface area contributed by atoms with Crippen molar-refractivity contribution in [1.82, 2.24) is 4.98 Å². The Morgan fingerprint density at radius 2 is 1.87 bits per heavy atom. The largest absolute Gasteiger partial charge is 0.463 e. The van der Waals surface area contributed by atoms with Gasteiger partial charge in [-0.3, -0.25) is 19.7 Å². The van der Waals surface area contributed by atoms with E-state index in [9.17, 15) is 27.6 Å². The van der Waals surface area contributed by atoms with Gasteiger partial charge in [0.15, 0.2) is 5.13 Å². The molecule has 0 unspecified atom stereocenters. The van der Waals surface area contributed by atoms with E-state index in [1.54, 1.807) is 29.6 Å². The second kappa shape index (κ2) is 7.50. The van der Waals surface area contributed by atoms with Gasteiger partial charge >= 0.3 is 6.18 Å². The molecule has 1 aromatic carbocycles. The zero-order valence-corrected chi connectivity index (χ0v) is 16.3. The number of para-hydroxylation sites is 1. The third-order valence-corrected chi connectivity index (χ3v) is 5.84. The molecule has 0 aliphatic rings. The quantitative estimate of drug-likeness (QED) is 0.443. The maximum absolute atomic E-state index is 13.0. The van der Waals surface area contributed by atoms with Gasteiger partial charge in [-0.2, -0.15) is 13.2 Å². The van der Waals surface area contributed by atoms with Gasteiger partial charge in [-0.1, -0.05) is 29.5 Å². The van der Waals surface area contributed by atoms with Crippen molar-refractivity contribution < 1.29 is 27.2 Å². The van der Waals surface area contributed by atoms with Crippen LogP contribution in [0.5, 0.6) is 0 Å². The van der Waals surface area contributed by atoms with E-state index in [0.717, 1.165) is 17.6 Å². The van der Waals surface area contributed by atoms with E-state index in [-0.39, 0.29) is 27.4 Å². The Kier molecular flexibility index (Phi) is 5.00. The van der Waals surface area contributed by atoms with E-state index in [4.69, 9.17) is 4.42 Å². The fourth-order valence-corrected chi connectivity index (χ4v) is 4.36. The van der Waals surface area contributed by atoms with Crippen molar-refractivity contribution in [2.75, 3.05) is 5.32 Å². The van der Waals surface area contributed by atoms with Crippen molar-refractivity contribution in [3.63, 3.8) is 0 Å². The highest BCUT2D eigenvalue weighted by Crippen LogP contribution is 2.37. The number of fused-ring (bicyclic) bond motifs is 1. The minimum Gasteiger partial charge on any atom is -0.463 e. The van der Waals surface area contributed by atoms with E-state index in [0.29, 0.717) is 16.2 Å². The molecule has 30 heavy (non-hydrogen) atoms. The third-order valence-electron chi connectivity index (χ3n) is 3.99. The van der Waals surface area contributed by atoms with Gasteiger partial charge in [-0.15, -0.1) is 11.3 Å². The minimum absolute atomic E-state index is 0.177. The van der Waals surface area contributed by atoms with E-state index in [1.807, 2.05) is 0 Å². The lowest BCUT2D eigenvalue weighted by Gasteiger charge is -2.03. The van der Waals surface area contributed by atoms with E-state index >= 15 is 0 Å². The zero-order chi connectivity index (χ0) is 21.5. The minimum atomic E-state index is -5.10. The number of aromatic nitrogens is 1. The average Bonchev–Trinajstić information content (AvgIpc) is 3.36.